The summed E-state index contributed by atoms with van der Waals surface area (Å²) in [6.07, 6.45) is -1.10. The third-order valence-corrected chi connectivity index (χ3v) is 4.54. The molecule has 6 nitrogen and oxygen atoms in total. The minimum Gasteiger partial charge on any atom is -0.496 e. The van der Waals surface area contributed by atoms with Crippen LogP contribution in [0.25, 0.3) is 11.1 Å². The van der Waals surface area contributed by atoms with E-state index in [0.717, 1.165) is 22.3 Å². The Bertz CT molecular complexity index is 785. The minimum atomic E-state index is -1.10. The van der Waals surface area contributed by atoms with Crippen LogP contribution >= 0.6 is 0 Å². The Balaban J connectivity index is 2.97. The highest BCUT2D eigenvalue weighted by Gasteiger charge is 2.26. The summed E-state index contributed by atoms with van der Waals surface area (Å²) in [5.41, 5.74) is 3.64. The molecule has 0 saturated heterocycles. The highest BCUT2D eigenvalue weighted by Crippen LogP contribution is 2.48. The van der Waals surface area contributed by atoms with Crippen LogP contribution < -0.4 is 18.9 Å². The van der Waals surface area contributed by atoms with E-state index in [1.807, 2.05) is 26.0 Å². The number of hydrogen-bond donors (Lipinski definition) is 2. The number of hydrogen-bond acceptors (Lipinski definition) is 6. The van der Waals surface area contributed by atoms with Crippen molar-refractivity contribution in [2.75, 3.05) is 35.0 Å². The maximum atomic E-state index is 10.3. The van der Waals surface area contributed by atoms with Crippen LogP contribution in [0, 0.1) is 13.8 Å². The Hall–Kier alpha value is -2.44. The second kappa shape index (κ2) is 8.29. The van der Waals surface area contributed by atoms with E-state index in [0.29, 0.717) is 28.6 Å². The lowest BCUT2D eigenvalue weighted by Gasteiger charge is -2.24. The molecule has 0 aliphatic rings. The fraction of sp³-hybridized carbons (Fsp3) is 0.400. The minimum absolute atomic E-state index is 0.434. The molecular formula is C20H26O6. The summed E-state index contributed by atoms with van der Waals surface area (Å²) in [4.78, 5) is 0. The van der Waals surface area contributed by atoms with Gasteiger partial charge in [0.15, 0.2) is 0 Å². The van der Waals surface area contributed by atoms with Crippen molar-refractivity contribution in [1.82, 2.24) is 0 Å². The second-order valence-corrected chi connectivity index (χ2v) is 5.87. The summed E-state index contributed by atoms with van der Waals surface area (Å²) in [5.74, 6) is 2.38. The Morgan fingerprint density at radius 1 is 0.808 bits per heavy atom. The van der Waals surface area contributed by atoms with Crippen LogP contribution in [0.2, 0.25) is 0 Å². The van der Waals surface area contributed by atoms with Gasteiger partial charge in [0, 0.05) is 27.8 Å². The van der Waals surface area contributed by atoms with Crippen LogP contribution in [0.5, 0.6) is 23.0 Å². The summed E-state index contributed by atoms with van der Waals surface area (Å²) >= 11 is 0. The molecule has 2 N–H and O–H groups in total. The van der Waals surface area contributed by atoms with Gasteiger partial charge in [-0.3, -0.25) is 0 Å². The first-order valence-corrected chi connectivity index (χ1v) is 8.21. The van der Waals surface area contributed by atoms with Gasteiger partial charge in [0.05, 0.1) is 35.0 Å². The monoisotopic (exact) mass is 362 g/mol. The van der Waals surface area contributed by atoms with Gasteiger partial charge in [-0.15, -0.1) is 0 Å². The predicted molar refractivity (Wildman–Crippen MR) is 99.6 cm³/mol. The van der Waals surface area contributed by atoms with E-state index < -0.39 is 12.7 Å². The van der Waals surface area contributed by atoms with Crippen molar-refractivity contribution in [3.63, 3.8) is 0 Å². The number of aliphatic hydroxyl groups is 2. The molecule has 0 aliphatic heterocycles. The third-order valence-electron chi connectivity index (χ3n) is 4.54. The zero-order valence-corrected chi connectivity index (χ0v) is 16.0. The van der Waals surface area contributed by atoms with Gasteiger partial charge in [-0.05, 0) is 32.0 Å². The summed E-state index contributed by atoms with van der Waals surface area (Å²) < 4.78 is 22.2. The van der Waals surface area contributed by atoms with Gasteiger partial charge in [-0.1, -0.05) is 0 Å². The summed E-state index contributed by atoms with van der Waals surface area (Å²) in [6.45, 7) is 3.40. The van der Waals surface area contributed by atoms with Crippen LogP contribution in [-0.4, -0.2) is 45.3 Å². The normalized spacial score (nSPS) is 11.8. The van der Waals surface area contributed by atoms with Crippen LogP contribution in [-0.2, 0) is 0 Å². The lowest BCUT2D eigenvalue weighted by atomic mass is 9.90. The highest BCUT2D eigenvalue weighted by molar-refractivity contribution is 5.85. The molecule has 1 atom stereocenters. The second-order valence-electron chi connectivity index (χ2n) is 5.87. The van der Waals surface area contributed by atoms with E-state index in [2.05, 4.69) is 0 Å². The Kier molecular flexibility index (Phi) is 6.34. The van der Waals surface area contributed by atoms with Crippen molar-refractivity contribution >= 4 is 0 Å². The lowest BCUT2D eigenvalue weighted by Crippen LogP contribution is -2.08. The molecule has 142 valence electrons. The van der Waals surface area contributed by atoms with Crippen molar-refractivity contribution in [3.05, 3.63) is 34.9 Å². The van der Waals surface area contributed by atoms with Crippen molar-refractivity contribution in [2.45, 2.75) is 20.0 Å². The van der Waals surface area contributed by atoms with Gasteiger partial charge in [-0.25, -0.2) is 0 Å². The SMILES string of the molecule is COc1ccc(OC)c(-c2c(C)c(OC)cc(C(O)CO)c2OC)c1C. The Labute approximate surface area is 153 Å². The van der Waals surface area contributed by atoms with Gasteiger partial charge in [0.2, 0.25) is 0 Å². The van der Waals surface area contributed by atoms with E-state index in [-0.39, 0.29) is 0 Å². The van der Waals surface area contributed by atoms with E-state index in [4.69, 9.17) is 18.9 Å². The predicted octanol–water partition coefficient (Wildman–Crippen LogP) is 3.03. The van der Waals surface area contributed by atoms with Crippen molar-refractivity contribution in [1.29, 1.82) is 0 Å². The third kappa shape index (κ3) is 3.30. The lowest BCUT2D eigenvalue weighted by molar-refractivity contribution is 0.0932. The Morgan fingerprint density at radius 3 is 1.85 bits per heavy atom. The molecule has 0 heterocycles. The van der Waals surface area contributed by atoms with Gasteiger partial charge in [0.1, 0.15) is 29.1 Å². The zero-order chi connectivity index (χ0) is 19.4. The molecule has 2 aromatic rings. The fourth-order valence-electron chi connectivity index (χ4n) is 3.20. The first-order valence-electron chi connectivity index (χ1n) is 8.21. The molecule has 0 fully saturated rings. The van der Waals surface area contributed by atoms with Gasteiger partial charge < -0.3 is 29.2 Å². The number of ether oxygens (including phenoxy) is 4. The molecule has 0 amide bonds. The van der Waals surface area contributed by atoms with E-state index in [1.54, 1.807) is 27.4 Å². The van der Waals surface area contributed by atoms with Gasteiger partial charge in [0.25, 0.3) is 0 Å². The Morgan fingerprint density at radius 2 is 1.35 bits per heavy atom. The number of aliphatic hydroxyl groups excluding tert-OH is 2. The molecule has 0 saturated carbocycles. The topological polar surface area (TPSA) is 77.4 Å². The van der Waals surface area contributed by atoms with E-state index in [1.165, 1.54) is 7.11 Å². The largest absolute Gasteiger partial charge is 0.496 e. The fourth-order valence-corrected chi connectivity index (χ4v) is 3.20. The van der Waals surface area contributed by atoms with E-state index in [9.17, 15) is 10.2 Å². The van der Waals surface area contributed by atoms with Crippen molar-refractivity contribution < 1.29 is 29.2 Å². The van der Waals surface area contributed by atoms with Crippen molar-refractivity contribution in [3.8, 4) is 34.1 Å². The first-order chi connectivity index (χ1) is 12.4. The molecule has 1 unspecified atom stereocenters. The smallest absolute Gasteiger partial charge is 0.133 e. The van der Waals surface area contributed by atoms with Crippen LogP contribution in [0.3, 0.4) is 0 Å². The number of rotatable bonds is 7. The molecule has 2 aromatic carbocycles. The molecule has 0 radical (unpaired) electrons. The molecule has 26 heavy (non-hydrogen) atoms. The summed E-state index contributed by atoms with van der Waals surface area (Å²) in [6, 6.07) is 5.34. The maximum absolute atomic E-state index is 10.3. The maximum Gasteiger partial charge on any atom is 0.133 e. The summed E-state index contributed by atoms with van der Waals surface area (Å²) in [5, 5.41) is 19.7. The molecule has 0 aromatic heterocycles. The van der Waals surface area contributed by atoms with Crippen LogP contribution in [0.15, 0.2) is 18.2 Å². The first kappa shape index (κ1) is 19.9. The van der Waals surface area contributed by atoms with Gasteiger partial charge >= 0.3 is 0 Å². The van der Waals surface area contributed by atoms with Crippen LogP contribution in [0.4, 0.5) is 0 Å². The average Bonchev–Trinajstić information content (AvgIpc) is 2.66. The molecular weight excluding hydrogens is 336 g/mol. The average molecular weight is 362 g/mol. The van der Waals surface area contributed by atoms with E-state index >= 15 is 0 Å². The molecule has 0 bridgehead atoms. The zero-order valence-electron chi connectivity index (χ0n) is 16.0. The molecule has 6 heteroatoms. The molecule has 0 aliphatic carbocycles. The quantitative estimate of drug-likeness (QED) is 0.788. The summed E-state index contributed by atoms with van der Waals surface area (Å²) in [7, 11) is 6.29. The standard InChI is InChI=1S/C20H26O6/c1-11-15(23-3)7-8-16(24-4)18(11)19-12(2)17(25-5)9-13(14(22)10-21)20(19)26-6/h7-9,14,21-22H,10H2,1-6H3. The van der Waals surface area contributed by atoms with Crippen molar-refractivity contribution in [2.24, 2.45) is 0 Å². The number of methoxy groups -OCH3 is 4. The molecule has 2 rings (SSSR count). The number of benzene rings is 2. The van der Waals surface area contributed by atoms with Gasteiger partial charge in [-0.2, -0.15) is 0 Å². The molecule has 0 spiro atoms. The highest BCUT2D eigenvalue weighted by atomic mass is 16.5. The van der Waals surface area contributed by atoms with Crippen LogP contribution in [0.1, 0.15) is 22.8 Å².